The second-order valence-corrected chi connectivity index (χ2v) is 3.33. The summed E-state index contributed by atoms with van der Waals surface area (Å²) in [4.78, 5) is 2.34. The van der Waals surface area contributed by atoms with Crippen LogP contribution in [0.4, 0.5) is 0 Å². The largest absolute Gasteiger partial charge is 0.370 e. The lowest BCUT2D eigenvalue weighted by molar-refractivity contribution is 0.349. The molecule has 0 aromatic heterocycles. The van der Waals surface area contributed by atoms with E-state index in [-0.39, 0.29) is 0 Å². The summed E-state index contributed by atoms with van der Waals surface area (Å²) in [6, 6.07) is 1.75. The molecule has 2 nitrogen and oxygen atoms in total. The molecule has 10 heavy (non-hydrogen) atoms. The van der Waals surface area contributed by atoms with Gasteiger partial charge >= 0.3 is 0 Å². The van der Waals surface area contributed by atoms with Crippen LogP contribution >= 0.6 is 0 Å². The Kier molecular flexibility index (Phi) is 1.24. The summed E-state index contributed by atoms with van der Waals surface area (Å²) >= 11 is 0. The van der Waals surface area contributed by atoms with Crippen molar-refractivity contribution >= 4 is 0 Å². The molecule has 0 aromatic carbocycles. The number of hydrogen-bond acceptors (Lipinski definition) is 2. The van der Waals surface area contributed by atoms with Crippen LogP contribution in [-0.4, -0.2) is 23.0 Å². The summed E-state index contributed by atoms with van der Waals surface area (Å²) in [5, 5.41) is 0. The summed E-state index contributed by atoms with van der Waals surface area (Å²) in [6.07, 6.45) is 5.73. The zero-order chi connectivity index (χ0) is 7.14. The molecule has 2 saturated heterocycles. The average molecular weight is 138 g/mol. The van der Waals surface area contributed by atoms with Gasteiger partial charge in [-0.15, -0.1) is 0 Å². The fraction of sp³-hybridized carbons (Fsp3) is 0.750. The van der Waals surface area contributed by atoms with Crippen molar-refractivity contribution in [3.05, 3.63) is 12.8 Å². The number of nitrogens with zero attached hydrogens (tertiary/aromatic N) is 1. The van der Waals surface area contributed by atoms with Gasteiger partial charge in [-0.2, -0.15) is 0 Å². The van der Waals surface area contributed by atoms with E-state index < -0.39 is 0 Å². The molecule has 2 heterocycles. The molecule has 2 fully saturated rings. The maximum absolute atomic E-state index is 5.90. The average Bonchev–Trinajstić information content (AvgIpc) is 2.42. The summed E-state index contributed by atoms with van der Waals surface area (Å²) in [6.45, 7) is 3.79. The summed E-state index contributed by atoms with van der Waals surface area (Å²) in [7, 11) is 0. The molecule has 0 spiro atoms. The highest BCUT2D eigenvalue weighted by Gasteiger charge is 2.42. The molecule has 3 atom stereocenters. The number of hydrogen-bond donors (Lipinski definition) is 1. The molecule has 2 N–H and O–H groups in total. The molecule has 0 radical (unpaired) electrons. The van der Waals surface area contributed by atoms with Crippen LogP contribution in [0.2, 0.25) is 0 Å². The third-order valence-corrected chi connectivity index (χ3v) is 2.85. The highest BCUT2D eigenvalue weighted by atomic mass is 15.2. The number of nitrogens with two attached hydrogens (primary N) is 1. The van der Waals surface area contributed by atoms with Crippen LogP contribution in [0.1, 0.15) is 19.3 Å². The first-order chi connectivity index (χ1) is 4.83. The van der Waals surface area contributed by atoms with Crippen LogP contribution < -0.4 is 5.73 Å². The maximum Gasteiger partial charge on any atom is 0.0439 e. The quantitative estimate of drug-likeness (QED) is 0.577. The molecular formula is C8H14N2. The minimum absolute atomic E-state index is 0.414. The Morgan fingerprint density at radius 1 is 1.50 bits per heavy atom. The lowest BCUT2D eigenvalue weighted by Crippen LogP contribution is -2.34. The van der Waals surface area contributed by atoms with E-state index in [0.29, 0.717) is 12.1 Å². The van der Waals surface area contributed by atoms with Gasteiger partial charge in [0, 0.05) is 18.1 Å². The summed E-state index contributed by atoms with van der Waals surface area (Å²) in [5.74, 6) is 0. The van der Waals surface area contributed by atoms with Crippen molar-refractivity contribution in [3.8, 4) is 0 Å². The molecule has 2 bridgehead atoms. The van der Waals surface area contributed by atoms with Gasteiger partial charge in [0.05, 0.1) is 0 Å². The second kappa shape index (κ2) is 1.99. The van der Waals surface area contributed by atoms with E-state index in [1.165, 1.54) is 19.3 Å². The first-order valence-electron chi connectivity index (χ1n) is 3.98. The number of fused-ring (bicyclic) bond motifs is 2. The van der Waals surface area contributed by atoms with Gasteiger partial charge in [-0.3, -0.25) is 0 Å². The van der Waals surface area contributed by atoms with Crippen molar-refractivity contribution in [1.29, 1.82) is 0 Å². The highest BCUT2D eigenvalue weighted by Crippen LogP contribution is 2.36. The SMILES string of the molecule is C=CN1C2CC[C@@H]1[C@H](N)C2. The van der Waals surface area contributed by atoms with Gasteiger partial charge in [-0.1, -0.05) is 6.58 Å². The molecule has 56 valence electrons. The van der Waals surface area contributed by atoms with Crippen molar-refractivity contribution < 1.29 is 0 Å². The maximum atomic E-state index is 5.90. The highest BCUT2D eigenvalue weighted by molar-refractivity contribution is 5.05. The lowest BCUT2D eigenvalue weighted by atomic mass is 9.97. The molecule has 2 heteroatoms. The monoisotopic (exact) mass is 138 g/mol. The molecular weight excluding hydrogens is 124 g/mol. The fourth-order valence-electron chi connectivity index (χ4n) is 2.36. The first-order valence-corrected chi connectivity index (χ1v) is 3.98. The predicted molar refractivity (Wildman–Crippen MR) is 41.4 cm³/mol. The van der Waals surface area contributed by atoms with Crippen LogP contribution in [0.5, 0.6) is 0 Å². The van der Waals surface area contributed by atoms with E-state index in [1.807, 2.05) is 6.20 Å². The Balaban J connectivity index is 2.18. The van der Waals surface area contributed by atoms with Crippen molar-refractivity contribution in [2.75, 3.05) is 0 Å². The number of rotatable bonds is 1. The third kappa shape index (κ3) is 0.626. The van der Waals surface area contributed by atoms with E-state index in [1.54, 1.807) is 0 Å². The minimum atomic E-state index is 0.414. The van der Waals surface area contributed by atoms with E-state index in [9.17, 15) is 0 Å². The molecule has 1 unspecified atom stereocenters. The zero-order valence-corrected chi connectivity index (χ0v) is 6.16. The van der Waals surface area contributed by atoms with Crippen LogP contribution in [0, 0.1) is 0 Å². The Morgan fingerprint density at radius 2 is 2.30 bits per heavy atom. The molecule has 0 amide bonds. The van der Waals surface area contributed by atoms with E-state index in [2.05, 4.69) is 11.5 Å². The van der Waals surface area contributed by atoms with Crippen LogP contribution in [0.3, 0.4) is 0 Å². The van der Waals surface area contributed by atoms with Crippen LogP contribution in [0.25, 0.3) is 0 Å². The molecule has 2 aliphatic rings. The summed E-state index contributed by atoms with van der Waals surface area (Å²) < 4.78 is 0. The third-order valence-electron chi connectivity index (χ3n) is 2.85. The second-order valence-electron chi connectivity index (χ2n) is 3.33. The standard InChI is InChI=1S/C8H14N2/c1-2-10-6-3-4-8(10)7(9)5-6/h2,6-8H,1,3-5,9H2/t6?,7-,8-/m1/s1. The van der Waals surface area contributed by atoms with E-state index in [4.69, 9.17) is 5.73 Å². The molecule has 0 saturated carbocycles. The normalized spacial score (nSPS) is 44.5. The Hall–Kier alpha value is -0.500. The minimum Gasteiger partial charge on any atom is -0.370 e. The molecule has 2 rings (SSSR count). The topological polar surface area (TPSA) is 29.3 Å². The lowest BCUT2D eigenvalue weighted by Gasteiger charge is -2.19. The Bertz CT molecular complexity index is 155. The van der Waals surface area contributed by atoms with Gasteiger partial charge in [-0.25, -0.2) is 0 Å². The van der Waals surface area contributed by atoms with Crippen molar-refractivity contribution in [1.82, 2.24) is 4.90 Å². The van der Waals surface area contributed by atoms with Crippen molar-refractivity contribution in [2.24, 2.45) is 5.73 Å². The van der Waals surface area contributed by atoms with Crippen LogP contribution in [0.15, 0.2) is 12.8 Å². The zero-order valence-electron chi connectivity index (χ0n) is 6.16. The van der Waals surface area contributed by atoms with Gasteiger partial charge in [0.2, 0.25) is 0 Å². The fourth-order valence-corrected chi connectivity index (χ4v) is 2.36. The van der Waals surface area contributed by atoms with Gasteiger partial charge in [0.25, 0.3) is 0 Å². The first kappa shape index (κ1) is 6.23. The van der Waals surface area contributed by atoms with Crippen LogP contribution in [-0.2, 0) is 0 Å². The van der Waals surface area contributed by atoms with Gasteiger partial charge in [0.15, 0.2) is 0 Å². The van der Waals surface area contributed by atoms with E-state index in [0.717, 1.165) is 6.04 Å². The van der Waals surface area contributed by atoms with Gasteiger partial charge in [0.1, 0.15) is 0 Å². The Labute approximate surface area is 61.7 Å². The summed E-state index contributed by atoms with van der Waals surface area (Å²) in [5.41, 5.74) is 5.90. The molecule has 0 aromatic rings. The van der Waals surface area contributed by atoms with Gasteiger partial charge in [-0.05, 0) is 25.5 Å². The smallest absolute Gasteiger partial charge is 0.0439 e. The van der Waals surface area contributed by atoms with Gasteiger partial charge < -0.3 is 10.6 Å². The van der Waals surface area contributed by atoms with Crippen molar-refractivity contribution in [2.45, 2.75) is 37.4 Å². The molecule has 0 aliphatic carbocycles. The predicted octanol–water partition coefficient (Wildman–Crippen LogP) is 0.694. The van der Waals surface area contributed by atoms with Crippen molar-refractivity contribution in [3.63, 3.8) is 0 Å². The Morgan fingerprint density at radius 3 is 2.60 bits per heavy atom. The molecule has 2 aliphatic heterocycles. The van der Waals surface area contributed by atoms with E-state index >= 15 is 0 Å².